The van der Waals surface area contributed by atoms with Gasteiger partial charge in [-0.25, -0.2) is 0 Å². The third-order valence-corrected chi connectivity index (χ3v) is 4.70. The normalized spacial score (nSPS) is 10.7. The molecule has 1 N–H and O–H groups in total. The van der Waals surface area contributed by atoms with Crippen LogP contribution in [-0.4, -0.2) is 22.2 Å². The number of aryl methyl sites for hydroxylation is 2. The van der Waals surface area contributed by atoms with Crippen molar-refractivity contribution in [2.75, 3.05) is 6.54 Å². The zero-order chi connectivity index (χ0) is 20.6. The first-order valence-electron chi connectivity index (χ1n) is 9.45. The Balaban J connectivity index is 1.45. The summed E-state index contributed by atoms with van der Waals surface area (Å²) in [7, 11) is 0. The predicted molar refractivity (Wildman–Crippen MR) is 112 cm³/mol. The van der Waals surface area contributed by atoms with E-state index in [-0.39, 0.29) is 18.3 Å². The van der Waals surface area contributed by atoms with E-state index in [0.717, 1.165) is 29.8 Å². The molecule has 0 aliphatic rings. The number of aromatic nitrogens is 2. The number of rotatable bonds is 10. The van der Waals surface area contributed by atoms with E-state index in [1.165, 1.54) is 0 Å². The van der Waals surface area contributed by atoms with Crippen molar-refractivity contribution in [1.29, 1.82) is 0 Å². The molecular formula is C22H24ClN3O3. The summed E-state index contributed by atoms with van der Waals surface area (Å²) in [6.07, 6.45) is 5.08. The van der Waals surface area contributed by atoms with Gasteiger partial charge < -0.3 is 14.5 Å². The van der Waals surface area contributed by atoms with Gasteiger partial charge in [-0.15, -0.1) is 6.58 Å². The van der Waals surface area contributed by atoms with Crippen LogP contribution in [-0.2, 0) is 19.6 Å². The van der Waals surface area contributed by atoms with Crippen molar-refractivity contribution in [3.8, 4) is 5.75 Å². The van der Waals surface area contributed by atoms with Crippen molar-refractivity contribution in [2.24, 2.45) is 0 Å². The molecule has 0 saturated carbocycles. The highest BCUT2D eigenvalue weighted by Crippen LogP contribution is 2.20. The third-order valence-electron chi connectivity index (χ3n) is 4.33. The van der Waals surface area contributed by atoms with Gasteiger partial charge in [0, 0.05) is 19.3 Å². The molecule has 1 aromatic carbocycles. The second-order valence-corrected chi connectivity index (χ2v) is 7.00. The number of nitrogens with one attached hydrogen (secondary N) is 1. The number of benzene rings is 1. The Hall–Kier alpha value is -2.99. The SMILES string of the molecule is C=CCc1ccccc1OCc1ccc(C(=O)NCCCn2cc(Cl)c(C)n2)o1. The van der Waals surface area contributed by atoms with Crippen molar-refractivity contribution in [3.63, 3.8) is 0 Å². The molecule has 0 bridgehead atoms. The number of allylic oxidation sites excluding steroid dienone is 1. The van der Waals surface area contributed by atoms with Crippen LogP contribution in [0.5, 0.6) is 5.75 Å². The molecule has 2 heterocycles. The Morgan fingerprint density at radius 1 is 1.34 bits per heavy atom. The monoisotopic (exact) mass is 413 g/mol. The minimum Gasteiger partial charge on any atom is -0.485 e. The Labute approximate surface area is 175 Å². The minimum absolute atomic E-state index is 0.251. The highest BCUT2D eigenvalue weighted by Gasteiger charge is 2.12. The molecule has 0 unspecified atom stereocenters. The van der Waals surface area contributed by atoms with Gasteiger partial charge in [-0.3, -0.25) is 9.48 Å². The Kier molecular flexibility index (Phi) is 7.14. The van der Waals surface area contributed by atoms with Crippen molar-refractivity contribution in [3.05, 3.63) is 83.1 Å². The summed E-state index contributed by atoms with van der Waals surface area (Å²) < 4.78 is 13.2. The molecule has 0 aliphatic heterocycles. The third kappa shape index (κ3) is 5.74. The molecule has 1 amide bonds. The van der Waals surface area contributed by atoms with Gasteiger partial charge >= 0.3 is 0 Å². The van der Waals surface area contributed by atoms with Gasteiger partial charge in [0.05, 0.1) is 10.7 Å². The lowest BCUT2D eigenvalue weighted by Crippen LogP contribution is -2.24. The molecule has 3 aromatic rings. The van der Waals surface area contributed by atoms with E-state index < -0.39 is 0 Å². The first kappa shape index (κ1) is 20.7. The lowest BCUT2D eigenvalue weighted by molar-refractivity contribution is 0.0920. The first-order chi connectivity index (χ1) is 14.1. The van der Waals surface area contributed by atoms with Crippen LogP contribution in [0.2, 0.25) is 5.02 Å². The maximum Gasteiger partial charge on any atom is 0.286 e. The molecule has 0 spiro atoms. The number of carbonyl (C=O) groups is 1. The molecule has 6 nitrogen and oxygen atoms in total. The van der Waals surface area contributed by atoms with Gasteiger partial charge in [0.15, 0.2) is 5.76 Å². The maximum absolute atomic E-state index is 12.2. The van der Waals surface area contributed by atoms with E-state index in [9.17, 15) is 4.79 Å². The highest BCUT2D eigenvalue weighted by atomic mass is 35.5. The number of para-hydroxylation sites is 1. The van der Waals surface area contributed by atoms with E-state index in [2.05, 4.69) is 17.0 Å². The standard InChI is InChI=1S/C22H24ClN3O3/c1-3-7-17-8-4-5-9-20(17)28-15-18-10-11-21(29-18)22(27)24-12-6-13-26-14-19(23)16(2)25-26/h3-5,8-11,14H,1,6-7,12-13,15H2,2H3,(H,24,27). The fourth-order valence-electron chi connectivity index (χ4n) is 2.83. The van der Waals surface area contributed by atoms with Gasteiger partial charge in [0.1, 0.15) is 18.1 Å². The van der Waals surface area contributed by atoms with Crippen LogP contribution in [0.1, 0.15) is 34.0 Å². The molecule has 0 saturated heterocycles. The van der Waals surface area contributed by atoms with E-state index >= 15 is 0 Å². The Bertz CT molecular complexity index is 958. The topological polar surface area (TPSA) is 69.3 Å². The molecule has 29 heavy (non-hydrogen) atoms. The van der Waals surface area contributed by atoms with E-state index in [4.69, 9.17) is 20.8 Å². The van der Waals surface area contributed by atoms with E-state index in [1.54, 1.807) is 23.0 Å². The Morgan fingerprint density at radius 2 is 2.17 bits per heavy atom. The van der Waals surface area contributed by atoms with Crippen molar-refractivity contribution < 1.29 is 13.9 Å². The van der Waals surface area contributed by atoms with Gasteiger partial charge in [-0.1, -0.05) is 35.9 Å². The number of hydrogen-bond donors (Lipinski definition) is 1. The lowest BCUT2D eigenvalue weighted by atomic mass is 10.1. The molecule has 0 aliphatic carbocycles. The van der Waals surface area contributed by atoms with E-state index in [1.807, 2.05) is 37.3 Å². The van der Waals surface area contributed by atoms with Crippen LogP contribution >= 0.6 is 11.6 Å². The molecule has 0 fully saturated rings. The molecule has 3 rings (SSSR count). The fourth-order valence-corrected chi connectivity index (χ4v) is 2.98. The quantitative estimate of drug-likeness (QED) is 0.390. The molecule has 2 aromatic heterocycles. The zero-order valence-corrected chi connectivity index (χ0v) is 17.1. The number of halogens is 1. The van der Waals surface area contributed by atoms with Gasteiger partial charge in [0.2, 0.25) is 0 Å². The summed E-state index contributed by atoms with van der Waals surface area (Å²) in [4.78, 5) is 12.2. The van der Waals surface area contributed by atoms with Crippen molar-refractivity contribution >= 4 is 17.5 Å². The molecular weight excluding hydrogens is 390 g/mol. The summed E-state index contributed by atoms with van der Waals surface area (Å²) in [5, 5.41) is 7.78. The first-order valence-corrected chi connectivity index (χ1v) is 9.82. The molecule has 7 heteroatoms. The maximum atomic E-state index is 12.2. The number of ether oxygens (including phenoxy) is 1. The van der Waals surface area contributed by atoms with E-state index in [0.29, 0.717) is 23.9 Å². The Morgan fingerprint density at radius 3 is 2.93 bits per heavy atom. The number of hydrogen-bond acceptors (Lipinski definition) is 4. The van der Waals surface area contributed by atoms with Gasteiger partial charge in [-0.2, -0.15) is 5.10 Å². The summed E-state index contributed by atoms with van der Waals surface area (Å²) in [6, 6.07) is 11.2. The van der Waals surface area contributed by atoms with Crippen molar-refractivity contribution in [2.45, 2.75) is 32.9 Å². The second kappa shape index (κ2) is 9.98. The van der Waals surface area contributed by atoms with Crippen LogP contribution in [0.3, 0.4) is 0 Å². The minimum atomic E-state index is -0.252. The summed E-state index contributed by atoms with van der Waals surface area (Å²) in [5.41, 5.74) is 1.86. The number of furan rings is 1. The molecule has 0 radical (unpaired) electrons. The smallest absolute Gasteiger partial charge is 0.286 e. The lowest BCUT2D eigenvalue weighted by Gasteiger charge is -2.09. The second-order valence-electron chi connectivity index (χ2n) is 6.59. The molecule has 0 atom stereocenters. The largest absolute Gasteiger partial charge is 0.485 e. The summed E-state index contributed by atoms with van der Waals surface area (Å²) >= 11 is 5.98. The summed E-state index contributed by atoms with van der Waals surface area (Å²) in [5.74, 6) is 1.38. The average Bonchev–Trinajstić information content (AvgIpc) is 3.31. The van der Waals surface area contributed by atoms with Crippen LogP contribution in [0.25, 0.3) is 0 Å². The van der Waals surface area contributed by atoms with Crippen LogP contribution in [0.15, 0.2) is 59.7 Å². The zero-order valence-electron chi connectivity index (χ0n) is 16.4. The molecule has 152 valence electrons. The number of carbonyl (C=O) groups excluding carboxylic acids is 1. The predicted octanol–water partition coefficient (Wildman–Crippen LogP) is 4.57. The van der Waals surface area contributed by atoms with Gasteiger partial charge in [-0.05, 0) is 43.5 Å². The van der Waals surface area contributed by atoms with Crippen LogP contribution < -0.4 is 10.1 Å². The summed E-state index contributed by atoms with van der Waals surface area (Å²) in [6.45, 7) is 7.06. The van der Waals surface area contributed by atoms with Crippen LogP contribution in [0.4, 0.5) is 0 Å². The number of nitrogens with zero attached hydrogens (tertiary/aromatic N) is 2. The van der Waals surface area contributed by atoms with Crippen LogP contribution in [0, 0.1) is 6.92 Å². The number of amides is 1. The average molecular weight is 414 g/mol. The van der Waals surface area contributed by atoms with Gasteiger partial charge in [0.25, 0.3) is 5.91 Å². The van der Waals surface area contributed by atoms with Crippen molar-refractivity contribution in [1.82, 2.24) is 15.1 Å². The highest BCUT2D eigenvalue weighted by molar-refractivity contribution is 6.31. The fraction of sp³-hybridized carbons (Fsp3) is 0.273.